The minimum Gasteiger partial charge on any atom is -0.394 e. The van der Waals surface area contributed by atoms with Gasteiger partial charge in [0, 0.05) is 19.6 Å². The third-order valence-corrected chi connectivity index (χ3v) is 4.53. The number of hydrogen-bond donors (Lipinski definition) is 2. The van der Waals surface area contributed by atoms with Crippen LogP contribution in [-0.4, -0.2) is 51.3 Å². The molecule has 2 N–H and O–H groups in total. The predicted octanol–water partition coefficient (Wildman–Crippen LogP) is 1.90. The molecule has 2 amide bonds. The monoisotopic (exact) mass is 316 g/mol. The molecule has 3 rings (SSSR count). The van der Waals surface area contributed by atoms with E-state index in [-0.39, 0.29) is 18.7 Å². The number of rotatable bonds is 5. The molecule has 1 aliphatic heterocycles. The van der Waals surface area contributed by atoms with E-state index in [0.717, 1.165) is 49.2 Å². The second-order valence-electron chi connectivity index (χ2n) is 6.06. The molecule has 0 aliphatic carbocycles. The highest BCUT2D eigenvalue weighted by atomic mass is 16.3. The maximum atomic E-state index is 12.1. The van der Waals surface area contributed by atoms with E-state index in [0.29, 0.717) is 6.54 Å². The van der Waals surface area contributed by atoms with Crippen molar-refractivity contribution in [3.8, 4) is 0 Å². The lowest BCUT2D eigenvalue weighted by Crippen LogP contribution is -2.44. The van der Waals surface area contributed by atoms with E-state index >= 15 is 0 Å². The molecule has 0 spiro atoms. The lowest BCUT2D eigenvalue weighted by atomic mass is 10.2. The van der Waals surface area contributed by atoms with Crippen LogP contribution in [0.1, 0.15) is 25.1 Å². The van der Waals surface area contributed by atoms with Gasteiger partial charge in [-0.3, -0.25) is 0 Å². The van der Waals surface area contributed by atoms with E-state index in [2.05, 4.69) is 20.9 Å². The van der Waals surface area contributed by atoms with Gasteiger partial charge in [0.1, 0.15) is 5.82 Å². The van der Waals surface area contributed by atoms with Crippen LogP contribution in [0.2, 0.25) is 0 Å². The topological polar surface area (TPSA) is 70.4 Å². The van der Waals surface area contributed by atoms with Crippen LogP contribution < -0.4 is 5.32 Å². The minimum absolute atomic E-state index is 0.0187. The molecule has 1 aliphatic rings. The fourth-order valence-electron chi connectivity index (χ4n) is 3.31. The molecule has 1 fully saturated rings. The molecular formula is C17H24N4O2. The third-order valence-electron chi connectivity index (χ3n) is 4.53. The van der Waals surface area contributed by atoms with Gasteiger partial charge in [0.25, 0.3) is 0 Å². The summed E-state index contributed by atoms with van der Waals surface area (Å²) in [6, 6.07) is 8.02. The summed E-state index contributed by atoms with van der Waals surface area (Å²) in [6.07, 6.45) is 2.72. The number of aliphatic hydroxyl groups excluding tert-OH is 1. The molecule has 1 aromatic carbocycles. The number of urea groups is 1. The molecule has 1 aromatic heterocycles. The fraction of sp³-hybridized carbons (Fsp3) is 0.529. The van der Waals surface area contributed by atoms with Crippen molar-refractivity contribution < 1.29 is 9.90 Å². The lowest BCUT2D eigenvalue weighted by Gasteiger charge is -2.23. The zero-order valence-corrected chi connectivity index (χ0v) is 13.5. The van der Waals surface area contributed by atoms with Gasteiger partial charge < -0.3 is 19.9 Å². The smallest absolute Gasteiger partial charge is 0.317 e. The molecule has 2 heterocycles. The standard InChI is InChI=1S/C17H24N4O2/c1-13-19-15-7-2-3-8-16(15)20(13)11-5-9-18-17(23)21-10-4-6-14(21)12-22/h2-3,7-8,14,22H,4-6,9-12H2,1H3,(H,18,23). The number of likely N-dealkylation sites (tertiary alicyclic amines) is 1. The van der Waals surface area contributed by atoms with Crippen molar-refractivity contribution in [3.63, 3.8) is 0 Å². The highest BCUT2D eigenvalue weighted by Crippen LogP contribution is 2.17. The third kappa shape index (κ3) is 3.32. The van der Waals surface area contributed by atoms with E-state index in [4.69, 9.17) is 0 Å². The zero-order valence-electron chi connectivity index (χ0n) is 13.5. The van der Waals surface area contributed by atoms with Crippen LogP contribution in [0.15, 0.2) is 24.3 Å². The van der Waals surface area contributed by atoms with Crippen LogP contribution in [0, 0.1) is 6.92 Å². The number of aliphatic hydroxyl groups is 1. The SMILES string of the molecule is Cc1nc2ccccc2n1CCCNC(=O)N1CCCC1CO. The molecule has 1 unspecified atom stereocenters. The van der Waals surface area contributed by atoms with Crippen LogP contribution in [0.3, 0.4) is 0 Å². The Bertz CT molecular complexity index is 682. The van der Waals surface area contributed by atoms with Crippen molar-refractivity contribution in [3.05, 3.63) is 30.1 Å². The molecule has 6 nitrogen and oxygen atoms in total. The van der Waals surface area contributed by atoms with E-state index < -0.39 is 0 Å². The highest BCUT2D eigenvalue weighted by Gasteiger charge is 2.27. The second-order valence-corrected chi connectivity index (χ2v) is 6.06. The van der Waals surface area contributed by atoms with Gasteiger partial charge in [0.15, 0.2) is 0 Å². The molecule has 6 heteroatoms. The van der Waals surface area contributed by atoms with E-state index in [1.807, 2.05) is 25.1 Å². The Morgan fingerprint density at radius 1 is 1.43 bits per heavy atom. The van der Waals surface area contributed by atoms with Crippen LogP contribution in [0.4, 0.5) is 4.79 Å². The number of amides is 2. The summed E-state index contributed by atoms with van der Waals surface area (Å²) in [4.78, 5) is 18.4. The number of imidazole rings is 1. The summed E-state index contributed by atoms with van der Waals surface area (Å²) in [5.74, 6) is 0.998. The fourth-order valence-corrected chi connectivity index (χ4v) is 3.31. The average molecular weight is 316 g/mol. The molecule has 1 atom stereocenters. The van der Waals surface area contributed by atoms with Crippen LogP contribution >= 0.6 is 0 Å². The average Bonchev–Trinajstić information content (AvgIpc) is 3.15. The summed E-state index contributed by atoms with van der Waals surface area (Å²) >= 11 is 0. The van der Waals surface area contributed by atoms with Crippen molar-refractivity contribution in [2.45, 2.75) is 38.8 Å². The van der Waals surface area contributed by atoms with Crippen molar-refractivity contribution in [1.82, 2.24) is 19.8 Å². The maximum Gasteiger partial charge on any atom is 0.317 e. The predicted molar refractivity (Wildman–Crippen MR) is 89.3 cm³/mol. The van der Waals surface area contributed by atoms with Gasteiger partial charge in [0.2, 0.25) is 0 Å². The number of aromatic nitrogens is 2. The Morgan fingerprint density at radius 3 is 3.09 bits per heavy atom. The van der Waals surface area contributed by atoms with Crippen molar-refractivity contribution >= 4 is 17.1 Å². The number of nitrogens with zero attached hydrogens (tertiary/aromatic N) is 3. The molecule has 0 bridgehead atoms. The molecule has 2 aromatic rings. The van der Waals surface area contributed by atoms with Gasteiger partial charge in [-0.1, -0.05) is 12.1 Å². The van der Waals surface area contributed by atoms with E-state index in [1.54, 1.807) is 4.90 Å². The Morgan fingerprint density at radius 2 is 2.26 bits per heavy atom. The number of carbonyl (C=O) groups is 1. The number of hydrogen-bond acceptors (Lipinski definition) is 3. The van der Waals surface area contributed by atoms with Gasteiger partial charge in [-0.05, 0) is 38.3 Å². The molecule has 0 saturated carbocycles. The first-order valence-electron chi connectivity index (χ1n) is 8.28. The quantitative estimate of drug-likeness (QED) is 0.828. The Balaban J connectivity index is 1.51. The number of fused-ring (bicyclic) bond motifs is 1. The number of nitrogens with one attached hydrogen (secondary N) is 1. The summed E-state index contributed by atoms with van der Waals surface area (Å²) in [5, 5.41) is 12.2. The summed E-state index contributed by atoms with van der Waals surface area (Å²) < 4.78 is 2.19. The summed E-state index contributed by atoms with van der Waals surface area (Å²) in [6.45, 7) is 4.25. The van der Waals surface area contributed by atoms with Gasteiger partial charge in [0.05, 0.1) is 23.7 Å². The Labute approximate surface area is 136 Å². The van der Waals surface area contributed by atoms with Gasteiger partial charge in [-0.2, -0.15) is 0 Å². The molecular weight excluding hydrogens is 292 g/mol. The minimum atomic E-state index is -0.0613. The highest BCUT2D eigenvalue weighted by molar-refractivity contribution is 5.76. The molecule has 23 heavy (non-hydrogen) atoms. The van der Waals surface area contributed by atoms with E-state index in [9.17, 15) is 9.90 Å². The second kappa shape index (κ2) is 7.00. The van der Waals surface area contributed by atoms with Gasteiger partial charge in [-0.15, -0.1) is 0 Å². The molecule has 1 saturated heterocycles. The first-order chi connectivity index (χ1) is 11.2. The maximum absolute atomic E-state index is 12.1. The molecule has 124 valence electrons. The lowest BCUT2D eigenvalue weighted by molar-refractivity contribution is 0.157. The summed E-state index contributed by atoms with van der Waals surface area (Å²) in [7, 11) is 0. The van der Waals surface area contributed by atoms with E-state index in [1.165, 1.54) is 0 Å². The van der Waals surface area contributed by atoms with Crippen molar-refractivity contribution in [2.75, 3.05) is 19.7 Å². The number of aryl methyl sites for hydroxylation is 2. The largest absolute Gasteiger partial charge is 0.394 e. The number of benzene rings is 1. The Hall–Kier alpha value is -2.08. The van der Waals surface area contributed by atoms with Gasteiger partial charge >= 0.3 is 6.03 Å². The van der Waals surface area contributed by atoms with Crippen molar-refractivity contribution in [2.24, 2.45) is 0 Å². The van der Waals surface area contributed by atoms with Crippen LogP contribution in [0.5, 0.6) is 0 Å². The summed E-state index contributed by atoms with van der Waals surface area (Å²) in [5.41, 5.74) is 2.15. The molecule has 0 radical (unpaired) electrons. The van der Waals surface area contributed by atoms with Gasteiger partial charge in [-0.25, -0.2) is 9.78 Å². The first-order valence-corrected chi connectivity index (χ1v) is 8.28. The number of para-hydroxylation sites is 2. The van der Waals surface area contributed by atoms with Crippen LogP contribution in [-0.2, 0) is 6.54 Å². The number of carbonyl (C=O) groups excluding carboxylic acids is 1. The van der Waals surface area contributed by atoms with Crippen LogP contribution in [0.25, 0.3) is 11.0 Å². The zero-order chi connectivity index (χ0) is 16.2. The normalized spacial score (nSPS) is 17.8. The van der Waals surface area contributed by atoms with Crippen molar-refractivity contribution in [1.29, 1.82) is 0 Å². The Kier molecular flexibility index (Phi) is 4.81. The first kappa shape index (κ1) is 15.8.